The van der Waals surface area contributed by atoms with Crippen LogP contribution in [0, 0.1) is 0 Å². The first kappa shape index (κ1) is 19.6. The van der Waals surface area contributed by atoms with Gasteiger partial charge in [0.2, 0.25) is 10.0 Å². The molecule has 0 aliphatic carbocycles. The lowest BCUT2D eigenvalue weighted by Crippen LogP contribution is -2.27. The molecule has 0 aromatic heterocycles. The number of carbonyl (C=O) groups is 1. The predicted molar refractivity (Wildman–Crippen MR) is 92.0 cm³/mol. The highest BCUT2D eigenvalue weighted by atomic mass is 32.2. The zero-order valence-electron chi connectivity index (χ0n) is 14.1. The summed E-state index contributed by atoms with van der Waals surface area (Å²) in [5, 5.41) is 2.80. The van der Waals surface area contributed by atoms with Crippen molar-refractivity contribution in [2.75, 3.05) is 33.7 Å². The van der Waals surface area contributed by atoms with Crippen molar-refractivity contribution >= 4 is 15.9 Å². The van der Waals surface area contributed by atoms with Crippen molar-refractivity contribution in [3.8, 4) is 0 Å². The molecule has 23 heavy (non-hydrogen) atoms. The van der Waals surface area contributed by atoms with Gasteiger partial charge in [0.1, 0.15) is 0 Å². The van der Waals surface area contributed by atoms with Crippen LogP contribution in [0.3, 0.4) is 0 Å². The largest absolute Gasteiger partial charge is 0.352 e. The van der Waals surface area contributed by atoms with Gasteiger partial charge in [0.15, 0.2) is 0 Å². The summed E-state index contributed by atoms with van der Waals surface area (Å²) in [6.07, 6.45) is 2.68. The Balaban J connectivity index is 2.58. The van der Waals surface area contributed by atoms with Gasteiger partial charge in [-0.15, -0.1) is 0 Å². The van der Waals surface area contributed by atoms with Crippen molar-refractivity contribution in [2.24, 2.45) is 0 Å². The van der Waals surface area contributed by atoms with Crippen LogP contribution < -0.4 is 10.0 Å². The van der Waals surface area contributed by atoms with E-state index in [4.69, 9.17) is 0 Å². The summed E-state index contributed by atoms with van der Waals surface area (Å²) in [5.41, 5.74) is 0.465. The Morgan fingerprint density at radius 2 is 1.74 bits per heavy atom. The zero-order valence-corrected chi connectivity index (χ0v) is 14.9. The average Bonchev–Trinajstić information content (AvgIpc) is 2.52. The molecule has 0 saturated carbocycles. The lowest BCUT2D eigenvalue weighted by atomic mass is 10.2. The Morgan fingerprint density at radius 3 is 2.30 bits per heavy atom. The number of hydrogen-bond donors (Lipinski definition) is 2. The lowest BCUT2D eigenvalue weighted by Gasteiger charge is -2.10. The van der Waals surface area contributed by atoms with E-state index >= 15 is 0 Å². The first-order chi connectivity index (χ1) is 10.9. The fourth-order valence-corrected chi connectivity index (χ4v) is 3.03. The Kier molecular flexibility index (Phi) is 8.22. The van der Waals surface area contributed by atoms with Crippen LogP contribution in [0.25, 0.3) is 0 Å². The first-order valence-corrected chi connectivity index (χ1v) is 9.38. The van der Waals surface area contributed by atoms with E-state index in [9.17, 15) is 13.2 Å². The normalized spacial score (nSPS) is 11.7. The number of rotatable bonds is 10. The van der Waals surface area contributed by atoms with Crippen molar-refractivity contribution in [3.05, 3.63) is 29.8 Å². The number of nitrogens with one attached hydrogen (secondary N) is 2. The van der Waals surface area contributed by atoms with E-state index in [-0.39, 0.29) is 10.8 Å². The van der Waals surface area contributed by atoms with Crippen LogP contribution in [0.15, 0.2) is 29.2 Å². The van der Waals surface area contributed by atoms with Crippen LogP contribution in [-0.2, 0) is 10.0 Å². The number of amides is 1. The van der Waals surface area contributed by atoms with Gasteiger partial charge in [-0.2, -0.15) is 0 Å². The van der Waals surface area contributed by atoms with E-state index in [0.717, 1.165) is 25.8 Å². The highest BCUT2D eigenvalue weighted by Crippen LogP contribution is 2.10. The molecule has 1 amide bonds. The number of sulfonamides is 1. The third-order valence-corrected chi connectivity index (χ3v) is 4.79. The van der Waals surface area contributed by atoms with Gasteiger partial charge in [-0.3, -0.25) is 4.79 Å². The standard InChI is InChI=1S/C16H27N3O3S/c1-4-5-11-17-16(20)14-7-9-15(10-8-14)23(21,22)18-12-6-13-19(2)3/h7-10,18H,4-6,11-13H2,1-3H3,(H,17,20). The summed E-state index contributed by atoms with van der Waals surface area (Å²) in [5.74, 6) is -0.179. The maximum atomic E-state index is 12.1. The van der Waals surface area contributed by atoms with Crippen LogP contribution >= 0.6 is 0 Å². The summed E-state index contributed by atoms with van der Waals surface area (Å²) >= 11 is 0. The van der Waals surface area contributed by atoms with E-state index in [2.05, 4.69) is 17.0 Å². The van der Waals surface area contributed by atoms with Gasteiger partial charge in [0.25, 0.3) is 5.91 Å². The molecule has 7 heteroatoms. The topological polar surface area (TPSA) is 78.5 Å². The van der Waals surface area contributed by atoms with Crippen LogP contribution in [0.5, 0.6) is 0 Å². The van der Waals surface area contributed by atoms with E-state index in [1.807, 2.05) is 19.0 Å². The fourth-order valence-electron chi connectivity index (χ4n) is 1.95. The summed E-state index contributed by atoms with van der Waals surface area (Å²) in [7, 11) is 0.365. The zero-order chi connectivity index (χ0) is 17.3. The Labute approximate surface area is 139 Å². The molecule has 1 aromatic rings. The molecular weight excluding hydrogens is 314 g/mol. The minimum absolute atomic E-state index is 0.174. The van der Waals surface area contributed by atoms with Crippen LogP contribution in [0.1, 0.15) is 36.5 Å². The van der Waals surface area contributed by atoms with Crippen molar-refractivity contribution in [3.63, 3.8) is 0 Å². The molecule has 130 valence electrons. The van der Waals surface area contributed by atoms with Gasteiger partial charge in [-0.25, -0.2) is 13.1 Å². The van der Waals surface area contributed by atoms with Crippen molar-refractivity contribution in [1.29, 1.82) is 0 Å². The molecule has 1 aromatic carbocycles. The molecule has 2 N–H and O–H groups in total. The minimum Gasteiger partial charge on any atom is -0.352 e. The highest BCUT2D eigenvalue weighted by Gasteiger charge is 2.14. The molecule has 0 heterocycles. The summed E-state index contributed by atoms with van der Waals surface area (Å²) in [6.45, 7) is 3.89. The molecule has 0 radical (unpaired) electrons. The monoisotopic (exact) mass is 341 g/mol. The first-order valence-electron chi connectivity index (χ1n) is 7.89. The van der Waals surface area contributed by atoms with Gasteiger partial charge < -0.3 is 10.2 Å². The van der Waals surface area contributed by atoms with Gasteiger partial charge in [-0.05, 0) is 57.7 Å². The molecule has 0 unspecified atom stereocenters. The third kappa shape index (κ3) is 7.11. The van der Waals surface area contributed by atoms with Crippen LogP contribution in [0.4, 0.5) is 0 Å². The molecule has 0 fully saturated rings. The van der Waals surface area contributed by atoms with E-state index < -0.39 is 10.0 Å². The average molecular weight is 341 g/mol. The molecule has 0 saturated heterocycles. The van der Waals surface area contributed by atoms with Gasteiger partial charge in [0.05, 0.1) is 4.90 Å². The second kappa shape index (κ2) is 9.64. The molecule has 0 bridgehead atoms. The maximum Gasteiger partial charge on any atom is 0.251 e. The van der Waals surface area contributed by atoms with E-state index in [1.165, 1.54) is 24.3 Å². The van der Waals surface area contributed by atoms with Gasteiger partial charge in [-0.1, -0.05) is 13.3 Å². The Bertz CT molecular complexity index is 583. The van der Waals surface area contributed by atoms with Crippen LogP contribution in [-0.4, -0.2) is 53.0 Å². The number of unbranched alkanes of at least 4 members (excludes halogenated alkanes) is 1. The smallest absolute Gasteiger partial charge is 0.251 e. The maximum absolute atomic E-state index is 12.1. The molecule has 0 atom stereocenters. The van der Waals surface area contributed by atoms with Crippen molar-refractivity contribution in [1.82, 2.24) is 14.9 Å². The molecule has 1 rings (SSSR count). The summed E-state index contributed by atoms with van der Waals surface area (Å²) in [4.78, 5) is 14.0. The Morgan fingerprint density at radius 1 is 1.09 bits per heavy atom. The quantitative estimate of drug-likeness (QED) is 0.631. The third-order valence-electron chi connectivity index (χ3n) is 3.32. The summed E-state index contributed by atoms with van der Waals surface area (Å²) in [6, 6.07) is 6.00. The number of carbonyl (C=O) groups excluding carboxylic acids is 1. The Hall–Kier alpha value is -1.44. The van der Waals surface area contributed by atoms with Crippen molar-refractivity contribution in [2.45, 2.75) is 31.1 Å². The van der Waals surface area contributed by atoms with Crippen LogP contribution in [0.2, 0.25) is 0 Å². The second-order valence-electron chi connectivity index (χ2n) is 5.69. The molecule has 6 nitrogen and oxygen atoms in total. The number of hydrogen-bond acceptors (Lipinski definition) is 4. The van der Waals surface area contributed by atoms with Gasteiger partial charge >= 0.3 is 0 Å². The lowest BCUT2D eigenvalue weighted by molar-refractivity contribution is 0.0953. The molecule has 0 aliphatic heterocycles. The minimum atomic E-state index is -3.52. The summed E-state index contributed by atoms with van der Waals surface area (Å²) < 4.78 is 26.9. The second-order valence-corrected chi connectivity index (χ2v) is 7.46. The van der Waals surface area contributed by atoms with Gasteiger partial charge in [0, 0.05) is 18.7 Å². The fraction of sp³-hybridized carbons (Fsp3) is 0.562. The van der Waals surface area contributed by atoms with Crippen molar-refractivity contribution < 1.29 is 13.2 Å². The molecule has 0 aliphatic rings. The SMILES string of the molecule is CCCCNC(=O)c1ccc(S(=O)(=O)NCCCN(C)C)cc1. The predicted octanol–water partition coefficient (Wildman–Crippen LogP) is 1.45. The highest BCUT2D eigenvalue weighted by molar-refractivity contribution is 7.89. The number of nitrogens with zero attached hydrogens (tertiary/aromatic N) is 1. The van der Waals surface area contributed by atoms with E-state index in [1.54, 1.807) is 0 Å². The van der Waals surface area contributed by atoms with E-state index in [0.29, 0.717) is 18.7 Å². The molecule has 0 spiro atoms. The number of benzene rings is 1. The molecular formula is C16H27N3O3S.